The van der Waals surface area contributed by atoms with Crippen molar-refractivity contribution in [3.63, 3.8) is 0 Å². The molecule has 1 aromatic carbocycles. The lowest BCUT2D eigenvalue weighted by Crippen LogP contribution is -2.41. The number of rotatable bonds is 4. The van der Waals surface area contributed by atoms with Crippen LogP contribution in [-0.4, -0.2) is 41.0 Å². The standard InChI is InChI=1S/C32H40BNO6/c1-29(2,3)38-28(35)32-16-18-15-21(9-12-24(32)26(18)32)37-25-13-11-23-22-10-8-20(14-19(22)17-36-27(23)34-25)33-39-30(4,5)31(6,7)40-33/h8,10-11,13-14,18,21,24,26H,9,12,15-17H2,1-7H3/t18-,21-,24?,26-,32?/m1/s1. The van der Waals surface area contributed by atoms with Gasteiger partial charge in [0, 0.05) is 11.6 Å². The van der Waals surface area contributed by atoms with Crippen molar-refractivity contribution in [1.29, 1.82) is 0 Å². The van der Waals surface area contributed by atoms with Gasteiger partial charge in [-0.3, -0.25) is 4.79 Å². The maximum Gasteiger partial charge on any atom is 0.494 e. The Hall–Kier alpha value is -2.58. The highest BCUT2D eigenvalue weighted by Crippen LogP contribution is 2.79. The zero-order chi connectivity index (χ0) is 28.2. The molecule has 0 N–H and O–H groups in total. The summed E-state index contributed by atoms with van der Waals surface area (Å²) < 4.78 is 30.8. The summed E-state index contributed by atoms with van der Waals surface area (Å²) in [5, 5.41) is 0. The number of carbonyl (C=O) groups is 1. The monoisotopic (exact) mass is 545 g/mol. The number of carbonyl (C=O) groups excluding carboxylic acids is 1. The molecule has 2 aliphatic heterocycles. The van der Waals surface area contributed by atoms with Crippen LogP contribution in [0.15, 0.2) is 30.3 Å². The van der Waals surface area contributed by atoms with E-state index >= 15 is 0 Å². The Balaban J connectivity index is 1.02. The summed E-state index contributed by atoms with van der Waals surface area (Å²) in [5.74, 6) is 2.67. The van der Waals surface area contributed by atoms with Crippen LogP contribution in [-0.2, 0) is 25.4 Å². The average molecular weight is 545 g/mol. The maximum absolute atomic E-state index is 12.9. The molecule has 5 aliphatic rings. The third-order valence-corrected chi connectivity index (χ3v) is 10.3. The van der Waals surface area contributed by atoms with Gasteiger partial charge in [0.1, 0.15) is 18.3 Å². The van der Waals surface area contributed by atoms with Gasteiger partial charge in [0.15, 0.2) is 0 Å². The van der Waals surface area contributed by atoms with Gasteiger partial charge in [-0.05, 0) is 115 Å². The molecule has 1 saturated heterocycles. The van der Waals surface area contributed by atoms with E-state index in [1.165, 1.54) is 0 Å². The summed E-state index contributed by atoms with van der Waals surface area (Å²) >= 11 is 0. The van der Waals surface area contributed by atoms with Crippen LogP contribution >= 0.6 is 0 Å². The van der Waals surface area contributed by atoms with Crippen molar-refractivity contribution in [1.82, 2.24) is 4.98 Å². The molecule has 0 bridgehead atoms. The molecule has 3 heterocycles. The number of hydrogen-bond donors (Lipinski definition) is 0. The fraction of sp³-hybridized carbons (Fsp3) is 0.625. The number of fused-ring (bicyclic) bond motifs is 4. The van der Waals surface area contributed by atoms with E-state index in [2.05, 4.69) is 52.0 Å². The maximum atomic E-state index is 12.9. The first-order valence-corrected chi connectivity index (χ1v) is 14.8. The van der Waals surface area contributed by atoms with Crippen LogP contribution in [0.3, 0.4) is 0 Å². The summed E-state index contributed by atoms with van der Waals surface area (Å²) in [7, 11) is -0.402. The lowest BCUT2D eigenvalue weighted by atomic mass is 9.71. The highest BCUT2D eigenvalue weighted by Gasteiger charge is 2.80. The van der Waals surface area contributed by atoms with E-state index in [1.807, 2.05) is 26.8 Å². The second-order valence-electron chi connectivity index (χ2n) is 14.5. The normalized spacial score (nSPS) is 32.4. The number of pyridine rings is 1. The van der Waals surface area contributed by atoms with Gasteiger partial charge < -0.3 is 23.5 Å². The predicted molar refractivity (Wildman–Crippen MR) is 151 cm³/mol. The molecule has 8 heteroatoms. The van der Waals surface area contributed by atoms with Gasteiger partial charge in [-0.1, -0.05) is 18.2 Å². The SMILES string of the molecule is CC(C)(C)OC(=O)C12C[C@H]3C[C@H](Oc4ccc5c(n4)OCc4cc(B6OC(C)(C)C(C)(C)O6)ccc4-5)CCC1[C@@H]32. The highest BCUT2D eigenvalue weighted by molar-refractivity contribution is 6.62. The molecule has 4 fully saturated rings. The van der Waals surface area contributed by atoms with Gasteiger partial charge in [-0.25, -0.2) is 0 Å². The lowest BCUT2D eigenvalue weighted by Gasteiger charge is -2.37. The van der Waals surface area contributed by atoms with Crippen LogP contribution in [0.1, 0.15) is 79.7 Å². The summed E-state index contributed by atoms with van der Waals surface area (Å²) in [6, 6.07) is 10.3. The van der Waals surface area contributed by atoms with E-state index in [-0.39, 0.29) is 28.7 Å². The van der Waals surface area contributed by atoms with E-state index in [0.717, 1.165) is 47.8 Å². The second kappa shape index (κ2) is 8.48. The Morgan fingerprint density at radius 1 is 1.02 bits per heavy atom. The summed E-state index contributed by atoms with van der Waals surface area (Å²) in [6.45, 7) is 14.6. The first-order chi connectivity index (χ1) is 18.8. The van der Waals surface area contributed by atoms with Crippen molar-refractivity contribution in [3.05, 3.63) is 35.9 Å². The molecule has 2 aromatic rings. The van der Waals surface area contributed by atoms with Crippen LogP contribution in [0.25, 0.3) is 11.1 Å². The highest BCUT2D eigenvalue weighted by atomic mass is 16.7. The van der Waals surface area contributed by atoms with Gasteiger partial charge in [0.25, 0.3) is 0 Å². The summed E-state index contributed by atoms with van der Waals surface area (Å²) in [6.07, 6.45) is 3.95. The summed E-state index contributed by atoms with van der Waals surface area (Å²) in [5.41, 5.74) is 2.77. The molecule has 7 rings (SSSR count). The fourth-order valence-electron chi connectivity index (χ4n) is 7.57. The van der Waals surface area contributed by atoms with Crippen molar-refractivity contribution < 1.29 is 28.3 Å². The molecule has 1 aromatic heterocycles. The van der Waals surface area contributed by atoms with Gasteiger partial charge in [0.2, 0.25) is 11.8 Å². The Morgan fingerprint density at radius 3 is 2.48 bits per heavy atom. The zero-order valence-electron chi connectivity index (χ0n) is 24.7. The molecule has 0 spiro atoms. The minimum atomic E-state index is -0.430. The molecule has 3 aliphatic carbocycles. The second-order valence-corrected chi connectivity index (χ2v) is 14.5. The Morgan fingerprint density at radius 2 is 1.75 bits per heavy atom. The largest absolute Gasteiger partial charge is 0.494 e. The van der Waals surface area contributed by atoms with Crippen molar-refractivity contribution in [2.24, 2.45) is 23.2 Å². The van der Waals surface area contributed by atoms with Crippen LogP contribution in [0, 0.1) is 23.2 Å². The zero-order valence-corrected chi connectivity index (χ0v) is 24.7. The number of benzene rings is 1. The van der Waals surface area contributed by atoms with E-state index in [1.54, 1.807) is 0 Å². The third kappa shape index (κ3) is 4.00. The van der Waals surface area contributed by atoms with Gasteiger partial charge in [-0.15, -0.1) is 0 Å². The van der Waals surface area contributed by atoms with Crippen molar-refractivity contribution in [3.8, 4) is 22.9 Å². The third-order valence-electron chi connectivity index (χ3n) is 10.3. The predicted octanol–water partition coefficient (Wildman–Crippen LogP) is 5.47. The van der Waals surface area contributed by atoms with Crippen LogP contribution in [0.4, 0.5) is 0 Å². The minimum absolute atomic E-state index is 0.0162. The first kappa shape index (κ1) is 26.3. The van der Waals surface area contributed by atoms with Gasteiger partial charge in [0.05, 0.1) is 16.6 Å². The number of ether oxygens (including phenoxy) is 3. The number of nitrogens with zero attached hydrogens (tertiary/aromatic N) is 1. The molecule has 0 radical (unpaired) electrons. The van der Waals surface area contributed by atoms with Crippen LogP contribution < -0.4 is 14.9 Å². The van der Waals surface area contributed by atoms with Crippen LogP contribution in [0.5, 0.6) is 11.8 Å². The van der Waals surface area contributed by atoms with E-state index < -0.39 is 12.7 Å². The fourth-order valence-corrected chi connectivity index (χ4v) is 7.57. The van der Waals surface area contributed by atoms with Crippen molar-refractivity contribution in [2.75, 3.05) is 0 Å². The number of hydrogen-bond acceptors (Lipinski definition) is 7. The van der Waals surface area contributed by atoms with Crippen molar-refractivity contribution in [2.45, 2.75) is 104 Å². The molecule has 2 unspecified atom stereocenters. The number of esters is 1. The minimum Gasteiger partial charge on any atom is -0.474 e. The average Bonchev–Trinajstić information content (AvgIpc) is 3.35. The van der Waals surface area contributed by atoms with Crippen molar-refractivity contribution >= 4 is 18.6 Å². The van der Waals surface area contributed by atoms with E-state index in [4.69, 9.17) is 28.5 Å². The van der Waals surface area contributed by atoms with Gasteiger partial charge >= 0.3 is 13.1 Å². The summed E-state index contributed by atoms with van der Waals surface area (Å²) in [4.78, 5) is 17.7. The van der Waals surface area contributed by atoms with E-state index in [9.17, 15) is 4.79 Å². The van der Waals surface area contributed by atoms with E-state index in [0.29, 0.717) is 36.1 Å². The lowest BCUT2D eigenvalue weighted by molar-refractivity contribution is -0.168. The molecule has 5 atom stereocenters. The molecule has 40 heavy (non-hydrogen) atoms. The topological polar surface area (TPSA) is 76.1 Å². The van der Waals surface area contributed by atoms with Gasteiger partial charge in [-0.2, -0.15) is 4.98 Å². The molecule has 7 nitrogen and oxygen atoms in total. The molecule has 212 valence electrons. The number of aromatic nitrogens is 1. The Kier molecular flexibility index (Phi) is 5.58. The molecular formula is C32H40BNO6. The molecule has 0 amide bonds. The van der Waals surface area contributed by atoms with Crippen LogP contribution in [0.2, 0.25) is 0 Å². The molecular weight excluding hydrogens is 505 g/mol. The Labute approximate surface area is 237 Å². The smallest absolute Gasteiger partial charge is 0.474 e. The molecule has 3 saturated carbocycles. The first-order valence-electron chi connectivity index (χ1n) is 14.8. The Bertz CT molecular complexity index is 1360. The quantitative estimate of drug-likeness (QED) is 0.373.